The van der Waals surface area contributed by atoms with E-state index in [4.69, 9.17) is 0 Å². The van der Waals surface area contributed by atoms with Crippen molar-refractivity contribution in [2.24, 2.45) is 0 Å². The summed E-state index contributed by atoms with van der Waals surface area (Å²) in [4.78, 5) is 2.50. The van der Waals surface area contributed by atoms with Gasteiger partial charge in [-0.15, -0.1) is 10.2 Å². The lowest BCUT2D eigenvalue weighted by Crippen LogP contribution is -2.48. The molecule has 0 unspecified atom stereocenters. The summed E-state index contributed by atoms with van der Waals surface area (Å²) in [6.07, 6.45) is 1.20. The van der Waals surface area contributed by atoms with Crippen LogP contribution in [0.1, 0.15) is 49.7 Å². The predicted octanol–water partition coefficient (Wildman–Crippen LogP) is 4.36. The van der Waals surface area contributed by atoms with E-state index in [0.717, 1.165) is 57.7 Å². The van der Waals surface area contributed by atoms with Gasteiger partial charge in [-0.2, -0.15) is 13.2 Å². The minimum atomic E-state index is -4.52. The number of aryl methyl sites for hydroxylation is 1. The number of rotatable bonds is 4. The van der Waals surface area contributed by atoms with Crippen molar-refractivity contribution in [3.63, 3.8) is 0 Å². The number of alkyl halides is 3. The van der Waals surface area contributed by atoms with Crippen LogP contribution in [-0.2, 0) is 6.18 Å². The van der Waals surface area contributed by atoms with Gasteiger partial charge in [-0.25, -0.2) is 0 Å². The summed E-state index contributed by atoms with van der Waals surface area (Å²) in [5.41, 5.74) is 0.383. The molecule has 1 saturated carbocycles. The zero-order chi connectivity index (χ0) is 22.9. The molecule has 0 radical (unpaired) electrons. The first-order valence-corrected chi connectivity index (χ1v) is 11.1. The molecule has 2 fully saturated rings. The molecule has 1 aliphatic carbocycles. The third kappa shape index (κ3) is 5.15. The average Bonchev–Trinajstić information content (AvgIpc) is 2.74. The Labute approximate surface area is 185 Å². The molecule has 0 amide bonds. The van der Waals surface area contributed by atoms with Crippen LogP contribution >= 0.6 is 0 Å². The van der Waals surface area contributed by atoms with Crippen molar-refractivity contribution in [3.8, 4) is 17.0 Å². The molecule has 1 aliphatic heterocycles. The van der Waals surface area contributed by atoms with Crippen LogP contribution in [0.25, 0.3) is 11.3 Å². The number of aromatic nitrogens is 2. The second-order valence-corrected chi connectivity index (χ2v) is 8.93. The van der Waals surface area contributed by atoms with Crippen LogP contribution in [0.5, 0.6) is 5.75 Å². The Kier molecular flexibility index (Phi) is 6.57. The van der Waals surface area contributed by atoms with Crippen molar-refractivity contribution >= 4 is 5.82 Å². The molecule has 1 saturated heterocycles. The number of aliphatic hydroxyl groups is 1. The molecule has 0 bridgehead atoms. The van der Waals surface area contributed by atoms with Crippen molar-refractivity contribution < 1.29 is 23.4 Å². The zero-order valence-electron chi connectivity index (χ0n) is 18.1. The van der Waals surface area contributed by atoms with E-state index in [2.05, 4.69) is 20.4 Å². The van der Waals surface area contributed by atoms with Crippen LogP contribution in [-0.4, -0.2) is 56.6 Å². The number of likely N-dealkylation sites (tertiary alicyclic amines) is 1. The highest BCUT2D eigenvalue weighted by Crippen LogP contribution is 2.37. The van der Waals surface area contributed by atoms with Crippen LogP contribution in [0.2, 0.25) is 0 Å². The van der Waals surface area contributed by atoms with Gasteiger partial charge in [-0.3, -0.25) is 4.90 Å². The minimum Gasteiger partial charge on any atom is -0.507 e. The van der Waals surface area contributed by atoms with Gasteiger partial charge in [0.25, 0.3) is 0 Å². The number of halogens is 3. The number of hydrogen-bond acceptors (Lipinski definition) is 6. The largest absolute Gasteiger partial charge is 0.507 e. The summed E-state index contributed by atoms with van der Waals surface area (Å²) in [6.45, 7) is 3.77. The number of phenolic OH excluding ortho intramolecular Hbond substituents is 1. The molecule has 9 heteroatoms. The number of nitrogens with one attached hydrogen (secondary N) is 1. The van der Waals surface area contributed by atoms with Crippen LogP contribution in [0.4, 0.5) is 19.0 Å². The maximum atomic E-state index is 12.9. The molecular weight excluding hydrogens is 421 g/mol. The molecule has 174 valence electrons. The second kappa shape index (κ2) is 9.23. The van der Waals surface area contributed by atoms with E-state index < -0.39 is 17.5 Å². The molecule has 6 nitrogen and oxygen atoms in total. The lowest BCUT2D eigenvalue weighted by Gasteiger charge is -2.41. The molecule has 2 aliphatic rings. The van der Waals surface area contributed by atoms with Gasteiger partial charge in [-0.1, -0.05) is 0 Å². The third-order valence-corrected chi connectivity index (χ3v) is 6.55. The zero-order valence-corrected chi connectivity index (χ0v) is 18.1. The van der Waals surface area contributed by atoms with Crippen molar-refractivity contribution in [1.82, 2.24) is 15.1 Å². The monoisotopic (exact) mass is 450 g/mol. The van der Waals surface area contributed by atoms with Gasteiger partial charge in [0.05, 0.1) is 17.4 Å². The smallest absolute Gasteiger partial charge is 0.416 e. The van der Waals surface area contributed by atoms with Gasteiger partial charge in [0, 0.05) is 24.2 Å². The van der Waals surface area contributed by atoms with Gasteiger partial charge < -0.3 is 15.5 Å². The number of aliphatic hydroxyl groups excluding tert-OH is 1. The fraction of sp³-hybridized carbons (Fsp3) is 0.565. The number of nitrogens with zero attached hydrogens (tertiary/aromatic N) is 3. The van der Waals surface area contributed by atoms with E-state index in [9.17, 15) is 23.4 Å². The van der Waals surface area contributed by atoms with Gasteiger partial charge in [-0.05, 0) is 81.8 Å². The van der Waals surface area contributed by atoms with E-state index in [1.54, 1.807) is 6.92 Å². The third-order valence-electron chi connectivity index (χ3n) is 6.55. The first kappa shape index (κ1) is 22.8. The summed E-state index contributed by atoms with van der Waals surface area (Å²) in [7, 11) is 0. The van der Waals surface area contributed by atoms with E-state index in [1.807, 2.05) is 6.07 Å². The Morgan fingerprint density at radius 1 is 1.06 bits per heavy atom. The van der Waals surface area contributed by atoms with Crippen molar-refractivity contribution in [2.75, 3.05) is 18.4 Å². The molecule has 4 rings (SSSR count). The molecule has 32 heavy (non-hydrogen) atoms. The standard InChI is InChI=1S/C23H29F3N4O2/c1-14-11-21(27-16-3-2-10-30(13-16)17-5-7-18(31)8-6-17)28-29-22(14)19-9-4-15(12-20(19)32)23(24,25)26/h4,9,11-12,16-18,31-32H,2-3,5-8,10,13H2,1H3,(H,27,28)/t16-,17?,18?/m1/s1. The molecule has 0 spiro atoms. The molecule has 1 aromatic heterocycles. The van der Waals surface area contributed by atoms with E-state index in [-0.39, 0.29) is 17.7 Å². The Morgan fingerprint density at radius 3 is 2.47 bits per heavy atom. The molecule has 2 heterocycles. The van der Waals surface area contributed by atoms with E-state index in [0.29, 0.717) is 29.2 Å². The van der Waals surface area contributed by atoms with E-state index in [1.165, 1.54) is 6.07 Å². The first-order valence-electron chi connectivity index (χ1n) is 11.1. The highest BCUT2D eigenvalue weighted by Gasteiger charge is 2.32. The molecule has 2 aromatic rings. The summed E-state index contributed by atoms with van der Waals surface area (Å²) in [5.74, 6) is 0.141. The Hall–Kier alpha value is -2.39. The van der Waals surface area contributed by atoms with Crippen LogP contribution in [0, 0.1) is 6.92 Å². The number of hydrogen-bond donors (Lipinski definition) is 3. The van der Waals surface area contributed by atoms with Crippen LogP contribution in [0.3, 0.4) is 0 Å². The normalized spacial score (nSPS) is 25.0. The lowest BCUT2D eigenvalue weighted by atomic mass is 9.90. The van der Waals surface area contributed by atoms with Crippen LogP contribution in [0.15, 0.2) is 24.3 Å². The Morgan fingerprint density at radius 2 is 1.81 bits per heavy atom. The fourth-order valence-electron chi connectivity index (χ4n) is 4.82. The van der Waals surface area contributed by atoms with Crippen molar-refractivity contribution in [2.45, 2.75) is 69.8 Å². The number of anilines is 1. The topological polar surface area (TPSA) is 81.5 Å². The van der Waals surface area contributed by atoms with Gasteiger partial charge in [0.15, 0.2) is 0 Å². The Bertz CT molecular complexity index is 945. The minimum absolute atomic E-state index is 0.161. The summed E-state index contributed by atoms with van der Waals surface area (Å²) in [5, 5.41) is 31.7. The van der Waals surface area contributed by atoms with Gasteiger partial charge in [0.1, 0.15) is 11.6 Å². The molecule has 1 aromatic carbocycles. The lowest BCUT2D eigenvalue weighted by molar-refractivity contribution is -0.137. The second-order valence-electron chi connectivity index (χ2n) is 8.93. The highest BCUT2D eigenvalue weighted by atomic mass is 19.4. The molecule has 3 N–H and O–H groups in total. The first-order chi connectivity index (χ1) is 15.2. The number of phenols is 1. The van der Waals surface area contributed by atoms with Gasteiger partial charge >= 0.3 is 6.18 Å². The SMILES string of the molecule is Cc1cc(N[C@@H]2CCCN(C3CCC(O)CC3)C2)nnc1-c1ccc(C(F)(F)F)cc1O. The van der Waals surface area contributed by atoms with E-state index >= 15 is 0 Å². The summed E-state index contributed by atoms with van der Waals surface area (Å²) >= 11 is 0. The fourth-order valence-corrected chi connectivity index (χ4v) is 4.82. The number of piperidine rings is 1. The quantitative estimate of drug-likeness (QED) is 0.642. The maximum Gasteiger partial charge on any atom is 0.416 e. The average molecular weight is 451 g/mol. The number of benzene rings is 1. The Balaban J connectivity index is 1.43. The molecule has 1 atom stereocenters. The molecular formula is C23H29F3N4O2. The number of aromatic hydroxyl groups is 1. The predicted molar refractivity (Wildman–Crippen MR) is 115 cm³/mol. The summed E-state index contributed by atoms with van der Waals surface area (Å²) in [6, 6.07) is 5.43. The van der Waals surface area contributed by atoms with Gasteiger partial charge in [0.2, 0.25) is 0 Å². The van der Waals surface area contributed by atoms with Crippen molar-refractivity contribution in [1.29, 1.82) is 0 Å². The summed E-state index contributed by atoms with van der Waals surface area (Å²) < 4.78 is 38.6. The van der Waals surface area contributed by atoms with Crippen LogP contribution < -0.4 is 5.32 Å². The maximum absolute atomic E-state index is 12.9. The highest BCUT2D eigenvalue weighted by molar-refractivity contribution is 5.70. The van der Waals surface area contributed by atoms with Crippen molar-refractivity contribution in [3.05, 3.63) is 35.4 Å².